The standard InChI is InChI=1S/C18H23N3O4S/c1-10(2)25-18(22)14-8-15(12-4-5-12)19-17-16(14)11(3)20-21(17)13-6-7-26(23,24)9-13/h8,10,12-13H,4-7,9H2,1-3H3. The van der Waals surface area contributed by atoms with Gasteiger partial charge >= 0.3 is 5.97 Å². The van der Waals surface area contributed by atoms with Gasteiger partial charge in [-0.3, -0.25) is 0 Å². The van der Waals surface area contributed by atoms with E-state index in [4.69, 9.17) is 9.72 Å². The Hall–Kier alpha value is -1.96. The SMILES string of the molecule is Cc1nn(C2CCS(=O)(=O)C2)c2nc(C3CC3)cc(C(=O)OC(C)C)c12. The number of aromatic nitrogens is 3. The van der Waals surface area contributed by atoms with E-state index in [9.17, 15) is 13.2 Å². The number of pyridine rings is 1. The molecule has 2 aromatic heterocycles. The highest BCUT2D eigenvalue weighted by molar-refractivity contribution is 7.91. The Kier molecular flexibility index (Phi) is 4.06. The number of esters is 1. The first-order valence-corrected chi connectivity index (χ1v) is 10.9. The molecule has 4 rings (SSSR count). The monoisotopic (exact) mass is 377 g/mol. The van der Waals surface area contributed by atoms with Crippen molar-refractivity contribution < 1.29 is 17.9 Å². The average molecular weight is 377 g/mol. The van der Waals surface area contributed by atoms with Crippen LogP contribution in [0.3, 0.4) is 0 Å². The van der Waals surface area contributed by atoms with Crippen LogP contribution in [0, 0.1) is 6.92 Å². The van der Waals surface area contributed by atoms with Crippen LogP contribution in [0.4, 0.5) is 0 Å². The van der Waals surface area contributed by atoms with Gasteiger partial charge in [0.05, 0.1) is 40.3 Å². The van der Waals surface area contributed by atoms with E-state index in [-0.39, 0.29) is 29.6 Å². The minimum absolute atomic E-state index is 0.0737. The van der Waals surface area contributed by atoms with E-state index >= 15 is 0 Å². The number of fused-ring (bicyclic) bond motifs is 1. The fourth-order valence-corrected chi connectivity index (χ4v) is 5.27. The molecular weight excluding hydrogens is 354 g/mol. The van der Waals surface area contributed by atoms with Crippen LogP contribution >= 0.6 is 0 Å². The predicted octanol–water partition coefficient (Wildman–Crippen LogP) is 2.54. The van der Waals surface area contributed by atoms with Crippen LogP contribution in [0.25, 0.3) is 11.0 Å². The Balaban J connectivity index is 1.88. The highest BCUT2D eigenvalue weighted by Crippen LogP contribution is 2.41. The zero-order valence-electron chi connectivity index (χ0n) is 15.2. The van der Waals surface area contributed by atoms with E-state index in [1.54, 1.807) is 4.68 Å². The van der Waals surface area contributed by atoms with Gasteiger partial charge in [-0.25, -0.2) is 22.9 Å². The molecule has 140 valence electrons. The molecule has 1 saturated carbocycles. The lowest BCUT2D eigenvalue weighted by molar-refractivity contribution is 0.0380. The molecule has 2 aliphatic rings. The van der Waals surface area contributed by atoms with Crippen molar-refractivity contribution in [2.45, 2.75) is 58.1 Å². The molecule has 8 heteroatoms. The zero-order chi connectivity index (χ0) is 18.6. The Morgan fingerprint density at radius 3 is 2.62 bits per heavy atom. The summed E-state index contributed by atoms with van der Waals surface area (Å²) in [6.07, 6.45) is 2.43. The van der Waals surface area contributed by atoms with Gasteiger partial charge in [-0.15, -0.1) is 0 Å². The number of carbonyl (C=O) groups is 1. The van der Waals surface area contributed by atoms with E-state index in [1.807, 2.05) is 26.8 Å². The van der Waals surface area contributed by atoms with Gasteiger partial charge in [-0.05, 0) is 46.1 Å². The van der Waals surface area contributed by atoms with Crippen molar-refractivity contribution in [1.29, 1.82) is 0 Å². The molecule has 0 amide bonds. The van der Waals surface area contributed by atoms with Crippen LogP contribution < -0.4 is 0 Å². The summed E-state index contributed by atoms with van der Waals surface area (Å²) >= 11 is 0. The lowest BCUT2D eigenvalue weighted by Crippen LogP contribution is -2.15. The van der Waals surface area contributed by atoms with Crippen LogP contribution in [0.2, 0.25) is 0 Å². The normalized spacial score (nSPS) is 22.2. The molecular formula is C18H23N3O4S. The summed E-state index contributed by atoms with van der Waals surface area (Å²) in [6, 6.07) is 1.60. The van der Waals surface area contributed by atoms with Crippen molar-refractivity contribution in [1.82, 2.24) is 14.8 Å². The number of nitrogens with zero attached hydrogens (tertiary/aromatic N) is 3. The lowest BCUT2D eigenvalue weighted by atomic mass is 10.1. The number of ether oxygens (including phenoxy) is 1. The summed E-state index contributed by atoms with van der Waals surface area (Å²) in [6.45, 7) is 5.46. The van der Waals surface area contributed by atoms with Gasteiger partial charge in [0.25, 0.3) is 0 Å². The molecule has 26 heavy (non-hydrogen) atoms. The first-order chi connectivity index (χ1) is 12.2. The highest BCUT2D eigenvalue weighted by atomic mass is 32.2. The quantitative estimate of drug-likeness (QED) is 0.761. The summed E-state index contributed by atoms with van der Waals surface area (Å²) in [4.78, 5) is 17.4. The molecule has 2 fully saturated rings. The maximum absolute atomic E-state index is 12.7. The highest BCUT2D eigenvalue weighted by Gasteiger charge is 2.34. The molecule has 1 aliphatic heterocycles. The Morgan fingerprint density at radius 2 is 2.04 bits per heavy atom. The Labute approximate surface area is 152 Å². The van der Waals surface area contributed by atoms with Crippen molar-refractivity contribution in [3.8, 4) is 0 Å². The summed E-state index contributed by atoms with van der Waals surface area (Å²) < 4.78 is 30.9. The largest absolute Gasteiger partial charge is 0.459 e. The minimum Gasteiger partial charge on any atom is -0.459 e. The van der Waals surface area contributed by atoms with E-state index < -0.39 is 9.84 Å². The van der Waals surface area contributed by atoms with Gasteiger partial charge in [0.15, 0.2) is 15.5 Å². The van der Waals surface area contributed by atoms with E-state index in [1.165, 1.54) is 0 Å². The molecule has 0 bridgehead atoms. The van der Waals surface area contributed by atoms with Gasteiger partial charge < -0.3 is 4.74 Å². The molecule has 3 heterocycles. The van der Waals surface area contributed by atoms with Crippen LogP contribution in [0.5, 0.6) is 0 Å². The number of carbonyl (C=O) groups excluding carboxylic acids is 1. The maximum Gasteiger partial charge on any atom is 0.339 e. The molecule has 0 radical (unpaired) electrons. The number of hydrogen-bond acceptors (Lipinski definition) is 6. The number of rotatable bonds is 4. The Morgan fingerprint density at radius 1 is 1.31 bits per heavy atom. The van der Waals surface area contributed by atoms with Gasteiger partial charge in [0.2, 0.25) is 0 Å². The molecule has 7 nitrogen and oxygen atoms in total. The minimum atomic E-state index is -3.04. The third-order valence-electron chi connectivity index (χ3n) is 4.97. The smallest absolute Gasteiger partial charge is 0.339 e. The number of aryl methyl sites for hydroxylation is 1. The van der Waals surface area contributed by atoms with Gasteiger partial charge in [-0.1, -0.05) is 0 Å². The molecule has 2 aromatic rings. The van der Waals surface area contributed by atoms with Crippen molar-refractivity contribution in [2.75, 3.05) is 11.5 Å². The number of sulfone groups is 1. The summed E-state index contributed by atoms with van der Waals surface area (Å²) in [5.41, 5.74) is 2.63. The van der Waals surface area contributed by atoms with Crippen molar-refractivity contribution in [2.24, 2.45) is 0 Å². The molecule has 0 spiro atoms. The second-order valence-corrected chi connectivity index (χ2v) is 9.84. The molecule has 1 saturated heterocycles. The predicted molar refractivity (Wildman–Crippen MR) is 97.1 cm³/mol. The molecule has 1 aliphatic carbocycles. The third-order valence-corrected chi connectivity index (χ3v) is 6.72. The van der Waals surface area contributed by atoms with Crippen LogP contribution in [0.1, 0.15) is 66.8 Å². The molecule has 1 atom stereocenters. The first kappa shape index (κ1) is 17.5. The summed E-state index contributed by atoms with van der Waals surface area (Å²) in [5.74, 6) is 0.226. The van der Waals surface area contributed by atoms with Crippen LogP contribution in [-0.2, 0) is 14.6 Å². The maximum atomic E-state index is 12.7. The second-order valence-electron chi connectivity index (χ2n) is 7.61. The van der Waals surface area contributed by atoms with E-state index in [0.717, 1.165) is 18.5 Å². The van der Waals surface area contributed by atoms with E-state index in [0.29, 0.717) is 34.6 Å². The molecule has 0 N–H and O–H groups in total. The molecule has 0 aromatic carbocycles. The van der Waals surface area contributed by atoms with Gasteiger partial charge in [-0.2, -0.15) is 5.10 Å². The van der Waals surface area contributed by atoms with Gasteiger partial charge in [0.1, 0.15) is 0 Å². The zero-order valence-corrected chi connectivity index (χ0v) is 16.0. The topological polar surface area (TPSA) is 91.1 Å². The summed E-state index contributed by atoms with van der Waals surface area (Å²) in [5, 5.41) is 5.23. The second kappa shape index (κ2) is 6.04. The Bertz CT molecular complexity index is 990. The van der Waals surface area contributed by atoms with E-state index in [2.05, 4.69) is 5.10 Å². The first-order valence-electron chi connectivity index (χ1n) is 9.06. The van der Waals surface area contributed by atoms with Crippen molar-refractivity contribution >= 4 is 26.8 Å². The van der Waals surface area contributed by atoms with Crippen molar-refractivity contribution in [3.05, 3.63) is 23.0 Å². The fourth-order valence-electron chi connectivity index (χ4n) is 3.58. The third kappa shape index (κ3) is 3.11. The van der Waals surface area contributed by atoms with Crippen molar-refractivity contribution in [3.63, 3.8) is 0 Å². The summed E-state index contributed by atoms with van der Waals surface area (Å²) in [7, 11) is -3.04. The lowest BCUT2D eigenvalue weighted by Gasteiger charge is -2.12. The van der Waals surface area contributed by atoms with Crippen LogP contribution in [0.15, 0.2) is 6.07 Å². The van der Waals surface area contributed by atoms with Gasteiger partial charge in [0, 0.05) is 11.6 Å². The fraction of sp³-hybridized carbons (Fsp3) is 0.611. The number of hydrogen-bond donors (Lipinski definition) is 0. The van der Waals surface area contributed by atoms with Crippen LogP contribution in [-0.4, -0.2) is 46.8 Å². The molecule has 1 unspecified atom stereocenters. The average Bonchev–Trinajstić information content (AvgIpc) is 3.27.